The van der Waals surface area contributed by atoms with Crippen LogP contribution in [0.5, 0.6) is 0 Å². The third kappa shape index (κ3) is 5.18. The fourth-order valence-electron chi connectivity index (χ4n) is 4.43. The van der Waals surface area contributed by atoms with Gasteiger partial charge in [0.15, 0.2) is 0 Å². The lowest BCUT2D eigenvalue weighted by Gasteiger charge is -2.23. The summed E-state index contributed by atoms with van der Waals surface area (Å²) in [6.07, 6.45) is 5.83. The van der Waals surface area contributed by atoms with E-state index in [4.69, 9.17) is 0 Å². The van der Waals surface area contributed by atoms with Crippen LogP contribution in [0.3, 0.4) is 0 Å². The number of anilines is 2. The first-order valence-electron chi connectivity index (χ1n) is 12.6. The van der Waals surface area contributed by atoms with Gasteiger partial charge in [-0.3, -0.25) is 9.99 Å². The first-order chi connectivity index (χ1) is 18.3. The van der Waals surface area contributed by atoms with Crippen LogP contribution in [0.15, 0.2) is 54.5 Å². The van der Waals surface area contributed by atoms with Crippen molar-refractivity contribution in [1.82, 2.24) is 21.0 Å². The van der Waals surface area contributed by atoms with Gasteiger partial charge in [-0.25, -0.2) is 0 Å². The molecule has 190 valence electrons. The second-order valence-corrected chi connectivity index (χ2v) is 10.9. The van der Waals surface area contributed by atoms with Crippen molar-refractivity contribution in [3.8, 4) is 18.2 Å². The molecule has 2 aliphatic rings. The van der Waals surface area contributed by atoms with Gasteiger partial charge in [0.1, 0.15) is 12.1 Å². The number of rotatable bonds is 7. The van der Waals surface area contributed by atoms with Gasteiger partial charge in [0.25, 0.3) is 0 Å². The first kappa shape index (κ1) is 24.9. The molecular weight excluding hydrogens is 474 g/mol. The molecule has 9 heteroatoms. The van der Waals surface area contributed by atoms with Crippen LogP contribution in [0, 0.1) is 39.4 Å². The number of hydrogen-bond acceptors (Lipinski definition) is 9. The maximum Gasteiger partial charge on any atom is 0.103 e. The molecule has 1 saturated carbocycles. The molecule has 0 spiro atoms. The van der Waals surface area contributed by atoms with Gasteiger partial charge in [-0.15, -0.1) is 5.53 Å². The number of aromatic nitrogens is 1. The molecule has 1 atom stereocenters. The highest BCUT2D eigenvalue weighted by Gasteiger charge is 2.32. The zero-order valence-electron chi connectivity index (χ0n) is 21.6. The third-order valence-electron chi connectivity index (χ3n) is 6.53. The highest BCUT2D eigenvalue weighted by molar-refractivity contribution is 5.99. The molecule has 2 heterocycles. The Morgan fingerprint density at radius 1 is 1.08 bits per heavy atom. The van der Waals surface area contributed by atoms with Crippen molar-refractivity contribution in [3.63, 3.8) is 0 Å². The van der Waals surface area contributed by atoms with E-state index in [1.807, 2.05) is 30.5 Å². The standard InChI is InChI=1S/C29H29N9/c1-29(2,3)17-34-27-21(14-32)15-33-26-20(13-31)10-22(11-24(26)27)35-28(19-6-4-5-18(9-19)12-30)25-16-38(37-36-25)23-7-8-23/h4-6,9-11,15-16,23,28,35-37H,7-8,17H2,1-3H3,(H,33,34). The molecule has 2 aromatic carbocycles. The number of nitriles is 3. The van der Waals surface area contributed by atoms with Crippen LogP contribution in [0.25, 0.3) is 10.9 Å². The van der Waals surface area contributed by atoms with Gasteiger partial charge in [-0.05, 0) is 48.1 Å². The van der Waals surface area contributed by atoms with Gasteiger partial charge < -0.3 is 16.1 Å². The number of hydrazine groups is 2. The molecule has 0 radical (unpaired) electrons. The SMILES string of the molecule is CC(C)(C)CNc1c(C#N)cnc2c(C#N)cc(NC(C3=CN(C4CC4)NN3)c3cccc(C#N)c3)cc12. The zero-order valence-corrected chi connectivity index (χ0v) is 21.6. The molecule has 1 aliphatic heterocycles. The second-order valence-electron chi connectivity index (χ2n) is 10.9. The Morgan fingerprint density at radius 2 is 1.87 bits per heavy atom. The van der Waals surface area contributed by atoms with Crippen LogP contribution in [-0.4, -0.2) is 22.6 Å². The molecule has 1 fully saturated rings. The minimum Gasteiger partial charge on any atom is -0.383 e. The highest BCUT2D eigenvalue weighted by atomic mass is 15.7. The number of fused-ring (bicyclic) bond motifs is 1. The molecular formula is C29H29N9. The zero-order chi connectivity index (χ0) is 26.9. The topological polar surface area (TPSA) is 136 Å². The molecule has 5 rings (SSSR count). The van der Waals surface area contributed by atoms with Gasteiger partial charge in [0.2, 0.25) is 0 Å². The lowest BCUT2D eigenvalue weighted by atomic mass is 9.96. The average Bonchev–Trinajstić information content (AvgIpc) is 3.65. The van der Waals surface area contributed by atoms with Gasteiger partial charge in [0.05, 0.1) is 45.7 Å². The maximum atomic E-state index is 9.99. The van der Waals surface area contributed by atoms with Crippen LogP contribution in [0.4, 0.5) is 11.4 Å². The number of hydrogen-bond donors (Lipinski definition) is 4. The Labute approximate surface area is 222 Å². The molecule has 1 aromatic heterocycles. The molecule has 38 heavy (non-hydrogen) atoms. The summed E-state index contributed by atoms with van der Waals surface area (Å²) in [4.78, 5) is 4.45. The predicted molar refractivity (Wildman–Crippen MR) is 146 cm³/mol. The van der Waals surface area contributed by atoms with Crippen LogP contribution < -0.4 is 21.6 Å². The van der Waals surface area contributed by atoms with Crippen LogP contribution >= 0.6 is 0 Å². The highest BCUT2D eigenvalue weighted by Crippen LogP contribution is 2.35. The quantitative estimate of drug-likeness (QED) is 0.359. The monoisotopic (exact) mass is 503 g/mol. The van der Waals surface area contributed by atoms with Crippen LogP contribution in [0.2, 0.25) is 0 Å². The minimum absolute atomic E-state index is 0.0197. The van der Waals surface area contributed by atoms with Gasteiger partial charge in [-0.2, -0.15) is 15.8 Å². The van der Waals surface area contributed by atoms with Crippen molar-refractivity contribution in [1.29, 1.82) is 15.8 Å². The van der Waals surface area contributed by atoms with E-state index in [1.54, 1.807) is 12.1 Å². The summed E-state index contributed by atoms with van der Waals surface area (Å²) in [5.41, 5.74) is 11.6. The molecule has 0 bridgehead atoms. The summed E-state index contributed by atoms with van der Waals surface area (Å²) in [6.45, 7) is 6.99. The fraction of sp³-hybridized carbons (Fsp3) is 0.310. The number of benzene rings is 2. The largest absolute Gasteiger partial charge is 0.383 e. The molecule has 1 aliphatic carbocycles. The first-order valence-corrected chi connectivity index (χ1v) is 12.6. The van der Waals surface area contributed by atoms with Crippen molar-refractivity contribution in [2.24, 2.45) is 5.41 Å². The lowest BCUT2D eigenvalue weighted by Crippen LogP contribution is -2.38. The summed E-state index contributed by atoms with van der Waals surface area (Å²) < 4.78 is 0. The summed E-state index contributed by atoms with van der Waals surface area (Å²) in [7, 11) is 0. The summed E-state index contributed by atoms with van der Waals surface area (Å²) in [5.74, 6) is 0. The summed E-state index contributed by atoms with van der Waals surface area (Å²) >= 11 is 0. The van der Waals surface area contributed by atoms with E-state index in [1.165, 1.54) is 6.20 Å². The summed E-state index contributed by atoms with van der Waals surface area (Å²) in [5, 5.41) is 39.1. The Balaban J connectivity index is 1.60. The van der Waals surface area contributed by atoms with Crippen molar-refractivity contribution >= 4 is 22.3 Å². The van der Waals surface area contributed by atoms with E-state index < -0.39 is 0 Å². The fourth-order valence-corrected chi connectivity index (χ4v) is 4.43. The van der Waals surface area contributed by atoms with E-state index in [0.29, 0.717) is 51.6 Å². The number of nitrogens with one attached hydrogen (secondary N) is 4. The predicted octanol–water partition coefficient (Wildman–Crippen LogP) is 4.79. The minimum atomic E-state index is -0.332. The third-order valence-corrected chi connectivity index (χ3v) is 6.53. The van der Waals surface area contributed by atoms with E-state index >= 15 is 0 Å². The summed E-state index contributed by atoms with van der Waals surface area (Å²) in [6, 6.07) is 18.0. The Kier molecular flexibility index (Phi) is 6.51. The van der Waals surface area contributed by atoms with E-state index in [9.17, 15) is 15.8 Å². The second kappa shape index (κ2) is 9.94. The Bertz CT molecular complexity index is 1540. The van der Waals surface area contributed by atoms with E-state index in [-0.39, 0.29) is 11.5 Å². The Morgan fingerprint density at radius 3 is 2.55 bits per heavy atom. The molecule has 0 saturated heterocycles. The van der Waals surface area contributed by atoms with Crippen LogP contribution in [-0.2, 0) is 0 Å². The van der Waals surface area contributed by atoms with Crippen molar-refractivity contribution in [2.45, 2.75) is 45.7 Å². The number of nitrogens with zero attached hydrogens (tertiary/aromatic N) is 5. The smallest absolute Gasteiger partial charge is 0.103 e. The normalized spacial score (nSPS) is 15.6. The van der Waals surface area contributed by atoms with Gasteiger partial charge in [-0.1, -0.05) is 32.9 Å². The van der Waals surface area contributed by atoms with E-state index in [2.05, 4.69) is 70.6 Å². The molecule has 9 nitrogen and oxygen atoms in total. The molecule has 0 amide bonds. The molecule has 4 N–H and O–H groups in total. The number of pyridine rings is 1. The van der Waals surface area contributed by atoms with Gasteiger partial charge in [0, 0.05) is 36.1 Å². The van der Waals surface area contributed by atoms with Crippen molar-refractivity contribution in [3.05, 3.63) is 76.7 Å². The van der Waals surface area contributed by atoms with Crippen molar-refractivity contribution < 1.29 is 0 Å². The van der Waals surface area contributed by atoms with E-state index in [0.717, 1.165) is 24.1 Å². The van der Waals surface area contributed by atoms with Gasteiger partial charge >= 0.3 is 0 Å². The maximum absolute atomic E-state index is 9.99. The van der Waals surface area contributed by atoms with Crippen LogP contribution in [0.1, 0.15) is 61.9 Å². The Hall–Kier alpha value is -4.78. The van der Waals surface area contributed by atoms with Crippen molar-refractivity contribution in [2.75, 3.05) is 17.2 Å². The average molecular weight is 504 g/mol. The molecule has 1 unspecified atom stereocenters. The lowest BCUT2D eigenvalue weighted by molar-refractivity contribution is 0.260. The molecule has 3 aromatic rings.